The second-order valence-corrected chi connectivity index (χ2v) is 8.23. The summed E-state index contributed by atoms with van der Waals surface area (Å²) < 4.78 is 1.72. The summed E-state index contributed by atoms with van der Waals surface area (Å²) in [6, 6.07) is 16.1. The van der Waals surface area contributed by atoms with E-state index in [-0.39, 0.29) is 11.2 Å². The summed E-state index contributed by atoms with van der Waals surface area (Å²) in [7, 11) is 0. The summed E-state index contributed by atoms with van der Waals surface area (Å²) in [6.45, 7) is 5.75. The lowest BCUT2D eigenvalue weighted by molar-refractivity contribution is -0.129. The van der Waals surface area contributed by atoms with Crippen molar-refractivity contribution in [3.8, 4) is 5.69 Å². The molecule has 0 bridgehead atoms. The number of benzene rings is 2. The lowest BCUT2D eigenvalue weighted by atomic mass is 10.1. The first-order valence-electron chi connectivity index (χ1n) is 9.49. The van der Waals surface area contributed by atoms with Crippen molar-refractivity contribution in [1.82, 2.24) is 25.1 Å². The number of carbonyl (C=O) groups is 1. The van der Waals surface area contributed by atoms with Gasteiger partial charge in [0.1, 0.15) is 5.25 Å². The molecule has 0 unspecified atom stereocenters. The van der Waals surface area contributed by atoms with Crippen molar-refractivity contribution in [3.63, 3.8) is 0 Å². The van der Waals surface area contributed by atoms with E-state index in [0.29, 0.717) is 5.16 Å². The average Bonchev–Trinajstić information content (AvgIpc) is 3.37. The lowest BCUT2D eigenvalue weighted by Gasteiger charge is -2.22. The van der Waals surface area contributed by atoms with Crippen LogP contribution in [0.5, 0.6) is 0 Å². The van der Waals surface area contributed by atoms with Gasteiger partial charge in [-0.15, -0.1) is 5.10 Å². The Bertz CT molecular complexity index is 946. The van der Waals surface area contributed by atoms with E-state index in [1.165, 1.54) is 11.8 Å². The van der Waals surface area contributed by atoms with E-state index in [4.69, 9.17) is 0 Å². The minimum atomic E-state index is -0.366. The first-order valence-corrected chi connectivity index (χ1v) is 10.4. The number of aromatic nitrogens is 4. The number of thioether (sulfide) groups is 1. The highest BCUT2D eigenvalue weighted by Gasteiger charge is 2.30. The van der Waals surface area contributed by atoms with Crippen molar-refractivity contribution in [1.29, 1.82) is 0 Å². The number of tetrazole rings is 1. The topological polar surface area (TPSA) is 63.9 Å². The fraction of sp³-hybridized carbons (Fsp3) is 0.333. The summed E-state index contributed by atoms with van der Waals surface area (Å²) in [5.41, 5.74) is 4.17. The Morgan fingerprint density at radius 1 is 1.04 bits per heavy atom. The molecule has 2 heterocycles. The first kappa shape index (κ1) is 18.7. The standard InChI is InChI=1S/C21H23N5OS/c1-15-12-16(2)14-18(13-15)26-21(22-23-24-26)28-19(17-8-4-3-5-9-17)20(27)25-10-6-7-11-25/h3-5,8-9,12-14,19H,6-7,10-11H2,1-2H3/t19-/m1/s1. The SMILES string of the molecule is Cc1cc(C)cc(-n2nnnc2S[C@@H](C(=O)N2CCCC2)c2ccccc2)c1. The first-order chi connectivity index (χ1) is 13.6. The summed E-state index contributed by atoms with van der Waals surface area (Å²) in [5.74, 6) is 0.128. The molecule has 0 saturated carbocycles. The Labute approximate surface area is 168 Å². The molecule has 1 amide bonds. The van der Waals surface area contributed by atoms with Gasteiger partial charge in [0.25, 0.3) is 0 Å². The van der Waals surface area contributed by atoms with Gasteiger partial charge in [-0.05, 0) is 65.9 Å². The smallest absolute Gasteiger partial charge is 0.240 e. The summed E-state index contributed by atoms with van der Waals surface area (Å²) in [4.78, 5) is 15.2. The van der Waals surface area contributed by atoms with Crippen LogP contribution in [0, 0.1) is 13.8 Å². The van der Waals surface area contributed by atoms with Crippen molar-refractivity contribution >= 4 is 17.7 Å². The molecule has 144 valence electrons. The third-order valence-corrected chi connectivity index (χ3v) is 6.03. The van der Waals surface area contributed by atoms with E-state index in [2.05, 4.69) is 35.4 Å². The van der Waals surface area contributed by atoms with Crippen LogP contribution in [0.3, 0.4) is 0 Å². The van der Waals surface area contributed by atoms with Crippen molar-refractivity contribution < 1.29 is 4.79 Å². The quantitative estimate of drug-likeness (QED) is 0.618. The molecule has 1 atom stereocenters. The van der Waals surface area contributed by atoms with Crippen molar-refractivity contribution in [2.45, 2.75) is 37.1 Å². The molecular formula is C21H23N5OS. The number of carbonyl (C=O) groups excluding carboxylic acids is 1. The van der Waals surface area contributed by atoms with Crippen LogP contribution in [-0.2, 0) is 4.79 Å². The Morgan fingerprint density at radius 3 is 2.39 bits per heavy atom. The largest absolute Gasteiger partial charge is 0.341 e. The van der Waals surface area contributed by atoms with Gasteiger partial charge in [-0.2, -0.15) is 4.68 Å². The molecule has 1 fully saturated rings. The highest BCUT2D eigenvalue weighted by atomic mass is 32.2. The van der Waals surface area contributed by atoms with E-state index >= 15 is 0 Å². The van der Waals surface area contributed by atoms with E-state index < -0.39 is 0 Å². The van der Waals surface area contributed by atoms with Crippen LogP contribution < -0.4 is 0 Å². The van der Waals surface area contributed by atoms with E-state index in [1.807, 2.05) is 47.4 Å². The van der Waals surface area contributed by atoms with Crippen LogP contribution in [0.15, 0.2) is 53.7 Å². The van der Waals surface area contributed by atoms with Crippen LogP contribution in [0.2, 0.25) is 0 Å². The van der Waals surface area contributed by atoms with E-state index in [1.54, 1.807) is 4.68 Å². The van der Waals surface area contributed by atoms with Crippen LogP contribution >= 0.6 is 11.8 Å². The summed E-state index contributed by atoms with van der Waals surface area (Å²) in [5, 5.41) is 12.5. The maximum Gasteiger partial charge on any atom is 0.240 e. The molecule has 6 nitrogen and oxygen atoms in total. The Kier molecular flexibility index (Phi) is 5.43. The predicted molar refractivity (Wildman–Crippen MR) is 109 cm³/mol. The maximum absolute atomic E-state index is 13.3. The molecule has 1 aliphatic rings. The van der Waals surface area contributed by atoms with Gasteiger partial charge in [0.05, 0.1) is 5.69 Å². The number of aryl methyl sites for hydroxylation is 2. The lowest BCUT2D eigenvalue weighted by Crippen LogP contribution is -2.31. The zero-order valence-electron chi connectivity index (χ0n) is 16.1. The Morgan fingerprint density at radius 2 is 1.71 bits per heavy atom. The minimum Gasteiger partial charge on any atom is -0.341 e. The Hall–Kier alpha value is -2.67. The fourth-order valence-electron chi connectivity index (χ4n) is 3.58. The molecule has 0 radical (unpaired) electrons. The maximum atomic E-state index is 13.3. The van der Waals surface area contributed by atoms with Gasteiger partial charge in [0.2, 0.25) is 11.1 Å². The third-order valence-electron chi connectivity index (χ3n) is 4.86. The van der Waals surface area contributed by atoms with Crippen molar-refractivity contribution in [3.05, 3.63) is 65.2 Å². The van der Waals surface area contributed by atoms with Crippen LogP contribution in [0.4, 0.5) is 0 Å². The van der Waals surface area contributed by atoms with Gasteiger partial charge >= 0.3 is 0 Å². The molecule has 1 aromatic heterocycles. The highest BCUT2D eigenvalue weighted by Crippen LogP contribution is 2.37. The van der Waals surface area contributed by atoms with Gasteiger partial charge in [0.15, 0.2) is 0 Å². The second kappa shape index (κ2) is 8.14. The van der Waals surface area contributed by atoms with Crippen molar-refractivity contribution in [2.75, 3.05) is 13.1 Å². The second-order valence-electron chi connectivity index (χ2n) is 7.16. The molecule has 1 aliphatic heterocycles. The highest BCUT2D eigenvalue weighted by molar-refractivity contribution is 8.00. The fourth-order valence-corrected chi connectivity index (χ4v) is 4.66. The molecule has 4 rings (SSSR count). The molecule has 2 aromatic carbocycles. The zero-order valence-corrected chi connectivity index (χ0v) is 16.9. The van der Waals surface area contributed by atoms with Gasteiger partial charge in [-0.1, -0.05) is 48.2 Å². The van der Waals surface area contributed by atoms with Gasteiger partial charge < -0.3 is 4.90 Å². The molecule has 28 heavy (non-hydrogen) atoms. The van der Waals surface area contributed by atoms with Gasteiger partial charge in [0, 0.05) is 13.1 Å². The summed E-state index contributed by atoms with van der Waals surface area (Å²) in [6.07, 6.45) is 2.14. The van der Waals surface area contributed by atoms with Crippen LogP contribution in [0.1, 0.15) is 34.8 Å². The van der Waals surface area contributed by atoms with E-state index in [9.17, 15) is 4.79 Å². The molecule has 0 spiro atoms. The number of hydrogen-bond donors (Lipinski definition) is 0. The van der Waals surface area contributed by atoms with Crippen molar-refractivity contribution in [2.24, 2.45) is 0 Å². The number of amides is 1. The zero-order chi connectivity index (χ0) is 19.5. The number of hydrogen-bond acceptors (Lipinski definition) is 5. The normalized spacial score (nSPS) is 15.0. The molecular weight excluding hydrogens is 370 g/mol. The van der Waals surface area contributed by atoms with Gasteiger partial charge in [-0.3, -0.25) is 4.79 Å². The molecule has 0 N–H and O–H groups in total. The molecule has 3 aromatic rings. The molecule has 7 heteroatoms. The summed E-state index contributed by atoms with van der Waals surface area (Å²) >= 11 is 1.41. The monoisotopic (exact) mass is 393 g/mol. The van der Waals surface area contributed by atoms with Crippen LogP contribution in [-0.4, -0.2) is 44.1 Å². The van der Waals surface area contributed by atoms with E-state index in [0.717, 1.165) is 48.3 Å². The third kappa shape index (κ3) is 3.94. The Balaban J connectivity index is 1.68. The molecule has 1 saturated heterocycles. The molecule has 0 aliphatic carbocycles. The average molecular weight is 394 g/mol. The number of rotatable bonds is 5. The number of nitrogens with zero attached hydrogens (tertiary/aromatic N) is 5. The minimum absolute atomic E-state index is 0.128. The van der Waals surface area contributed by atoms with Gasteiger partial charge in [-0.25, -0.2) is 0 Å². The van der Waals surface area contributed by atoms with Crippen LogP contribution in [0.25, 0.3) is 5.69 Å². The number of likely N-dealkylation sites (tertiary alicyclic amines) is 1. The predicted octanol–water partition coefficient (Wildman–Crippen LogP) is 3.73.